The quantitative estimate of drug-likeness (QED) is 0.722. The van der Waals surface area contributed by atoms with Crippen LogP contribution < -0.4 is 0 Å². The van der Waals surface area contributed by atoms with Gasteiger partial charge in [0.15, 0.2) is 33.6 Å². The predicted molar refractivity (Wildman–Crippen MR) is 81.6 cm³/mol. The van der Waals surface area contributed by atoms with E-state index in [4.69, 9.17) is 0 Å². The molecule has 0 N–H and O–H groups in total. The molecule has 0 spiro atoms. The Hall–Kier alpha value is 0.0400. The van der Waals surface area contributed by atoms with Gasteiger partial charge in [0.25, 0.3) is 0 Å². The van der Waals surface area contributed by atoms with E-state index >= 15 is 0 Å². The van der Waals surface area contributed by atoms with Gasteiger partial charge in [-0.1, -0.05) is 0 Å². The average Bonchev–Trinajstić information content (AvgIpc) is 2.94. The van der Waals surface area contributed by atoms with E-state index in [0.717, 1.165) is 50.0 Å². The molecule has 0 saturated heterocycles. The summed E-state index contributed by atoms with van der Waals surface area (Å²) in [6.45, 7) is 0. The fourth-order valence-electron chi connectivity index (χ4n) is 2.97. The van der Waals surface area contributed by atoms with Gasteiger partial charge in [0.1, 0.15) is 0 Å². The highest BCUT2D eigenvalue weighted by Gasteiger charge is 2.41. The van der Waals surface area contributed by atoms with E-state index in [1.54, 1.807) is 0 Å². The van der Waals surface area contributed by atoms with Crippen molar-refractivity contribution in [2.24, 2.45) is 0 Å². The molecule has 2 aliphatic carbocycles. The van der Waals surface area contributed by atoms with Crippen LogP contribution in [0.3, 0.4) is 0 Å². The van der Waals surface area contributed by atoms with Crippen LogP contribution in [0.5, 0.6) is 0 Å². The molecular weight excluding hydrogens is 264 g/mol. The minimum Gasteiger partial charge on any atom is -0.294 e. The minimum absolute atomic E-state index is 0.239. The largest absolute Gasteiger partial charge is 0.294 e. The first-order valence-corrected chi connectivity index (χ1v) is 10.6. The molecule has 102 valence electrons. The Morgan fingerprint density at radius 1 is 0.889 bits per heavy atom. The molecule has 18 heavy (non-hydrogen) atoms. The zero-order chi connectivity index (χ0) is 13.1. The summed E-state index contributed by atoms with van der Waals surface area (Å²) in [6.07, 6.45) is 10.5. The lowest BCUT2D eigenvalue weighted by atomic mass is 10.3. The molecule has 0 aliphatic heterocycles. The van der Waals surface area contributed by atoms with Crippen molar-refractivity contribution in [3.05, 3.63) is 0 Å². The first-order valence-electron chi connectivity index (χ1n) is 6.87. The fraction of sp³-hybridized carbons (Fsp3) is 0.857. The summed E-state index contributed by atoms with van der Waals surface area (Å²) < 4.78 is 0. The van der Waals surface area contributed by atoms with E-state index in [1.165, 1.54) is 0 Å². The molecule has 2 rings (SSSR count). The minimum atomic E-state index is 0.239. The molecule has 4 atom stereocenters. The zero-order valence-corrected chi connectivity index (χ0v) is 13.1. The highest BCUT2D eigenvalue weighted by atomic mass is 32.2. The van der Waals surface area contributed by atoms with Crippen molar-refractivity contribution in [2.45, 2.75) is 49.0 Å². The number of hydrogen-bond donors (Lipinski definition) is 0. The Kier molecular flexibility index (Phi) is 5.19. The van der Waals surface area contributed by atoms with Crippen molar-refractivity contribution in [3.8, 4) is 0 Å². The summed E-state index contributed by atoms with van der Waals surface area (Å²) in [5.74, 6) is 3.29. The number of carbonyl (C=O) groups is 2. The van der Waals surface area contributed by atoms with Crippen molar-refractivity contribution in [1.29, 1.82) is 0 Å². The molecule has 2 saturated carbocycles. The second-order valence-corrected chi connectivity index (χ2v) is 10.2. The molecule has 0 aromatic rings. The van der Waals surface area contributed by atoms with Gasteiger partial charge < -0.3 is 0 Å². The normalized spacial score (nSPS) is 31.9. The van der Waals surface area contributed by atoms with Gasteiger partial charge in [-0.3, -0.25) is 9.59 Å². The molecule has 2 fully saturated rings. The zero-order valence-electron chi connectivity index (χ0n) is 11.4. The fourth-order valence-corrected chi connectivity index (χ4v) is 7.91. The summed E-state index contributed by atoms with van der Waals surface area (Å²) in [5, 5.41) is 0.697. The highest BCUT2D eigenvalue weighted by molar-refractivity contribution is 8.01. The lowest BCUT2D eigenvalue weighted by Gasteiger charge is -2.11. The van der Waals surface area contributed by atoms with Gasteiger partial charge in [-0.15, -0.1) is 0 Å². The number of ketones is 2. The van der Waals surface area contributed by atoms with Gasteiger partial charge in [-0.05, 0) is 34.6 Å². The van der Waals surface area contributed by atoms with Crippen molar-refractivity contribution in [3.63, 3.8) is 0 Å². The van der Waals surface area contributed by atoms with E-state index in [-0.39, 0.29) is 21.8 Å². The number of carbonyl (C=O) groups excluding carboxylic acids is 2. The van der Waals surface area contributed by atoms with E-state index in [1.807, 2.05) is 0 Å². The van der Waals surface area contributed by atoms with E-state index in [2.05, 4.69) is 12.5 Å². The summed E-state index contributed by atoms with van der Waals surface area (Å²) in [7, 11) is 0.477. The Bertz CT molecular complexity index is 298. The number of rotatable bonds is 5. The summed E-state index contributed by atoms with van der Waals surface area (Å²) >= 11 is 0. The third kappa shape index (κ3) is 3.32. The monoisotopic (exact) mass is 288 g/mol. The van der Waals surface area contributed by atoms with Crippen LogP contribution in [0.1, 0.15) is 38.5 Å². The third-order valence-corrected chi connectivity index (χ3v) is 9.09. The molecule has 0 aromatic heterocycles. The second kappa shape index (κ2) is 6.47. The first kappa shape index (κ1) is 14.4. The van der Waals surface area contributed by atoms with Crippen molar-refractivity contribution >= 4 is 33.4 Å². The molecule has 4 unspecified atom stereocenters. The highest BCUT2D eigenvalue weighted by Crippen LogP contribution is 2.25. The van der Waals surface area contributed by atoms with Crippen LogP contribution in [0.4, 0.5) is 0 Å². The van der Waals surface area contributed by atoms with Crippen LogP contribution in [0, 0.1) is 0 Å². The molecule has 4 heteroatoms. The first-order chi connectivity index (χ1) is 8.59. The van der Waals surface area contributed by atoms with Crippen LogP contribution in [-0.4, -0.2) is 46.1 Å². The van der Waals surface area contributed by atoms with E-state index in [9.17, 15) is 9.59 Å². The maximum absolute atomic E-state index is 11.7. The third-order valence-electron chi connectivity index (χ3n) is 4.20. The van der Waals surface area contributed by atoms with Gasteiger partial charge >= 0.3 is 0 Å². The summed E-state index contributed by atoms with van der Waals surface area (Å²) in [4.78, 5) is 23.4. The smallest absolute Gasteiger partial charge is 0.184 e. The Balaban J connectivity index is 1.76. The SMILES string of the molecule is C[S+](CC[S+](C)C1CCCC1=O)C1CCCC1=O. The molecular formula is C14H24O2S2+2. The summed E-state index contributed by atoms with van der Waals surface area (Å²) in [5.41, 5.74) is 0. The lowest BCUT2D eigenvalue weighted by molar-refractivity contribution is -0.117. The Labute approximate surface area is 116 Å². The summed E-state index contributed by atoms with van der Waals surface area (Å²) in [6, 6.07) is 0. The number of Topliss-reactive ketones (excluding diaryl/α,β-unsaturated/α-hetero) is 2. The maximum Gasteiger partial charge on any atom is 0.184 e. The number of hydrogen-bond acceptors (Lipinski definition) is 2. The Morgan fingerprint density at radius 2 is 1.28 bits per heavy atom. The van der Waals surface area contributed by atoms with E-state index in [0.29, 0.717) is 22.1 Å². The molecule has 0 amide bonds. The topological polar surface area (TPSA) is 34.1 Å². The maximum atomic E-state index is 11.7. The van der Waals surface area contributed by atoms with Crippen LogP contribution in [-0.2, 0) is 31.4 Å². The molecule has 0 radical (unpaired) electrons. The standard InChI is InChI=1S/C14H24O2S2/c1-17(13-7-3-5-11(13)15)9-10-18(2)14-8-4-6-12(14)16/h13-14H,3-10H2,1-2H3/q+2. The van der Waals surface area contributed by atoms with Gasteiger partial charge in [-0.2, -0.15) is 0 Å². The van der Waals surface area contributed by atoms with Crippen LogP contribution in [0.2, 0.25) is 0 Å². The van der Waals surface area contributed by atoms with Gasteiger partial charge in [0.2, 0.25) is 0 Å². The van der Waals surface area contributed by atoms with Crippen molar-refractivity contribution in [2.75, 3.05) is 24.0 Å². The molecule has 0 bridgehead atoms. The molecule has 2 aliphatic rings. The van der Waals surface area contributed by atoms with E-state index < -0.39 is 0 Å². The molecule has 0 aromatic carbocycles. The van der Waals surface area contributed by atoms with Crippen LogP contribution >= 0.6 is 0 Å². The second-order valence-electron chi connectivity index (χ2n) is 5.48. The van der Waals surface area contributed by atoms with Gasteiger partial charge in [0.05, 0.1) is 12.5 Å². The molecule has 2 nitrogen and oxygen atoms in total. The van der Waals surface area contributed by atoms with Gasteiger partial charge in [0, 0.05) is 25.7 Å². The van der Waals surface area contributed by atoms with Crippen molar-refractivity contribution < 1.29 is 9.59 Å². The predicted octanol–water partition coefficient (Wildman–Crippen LogP) is 1.73. The average molecular weight is 288 g/mol. The van der Waals surface area contributed by atoms with Crippen LogP contribution in [0.25, 0.3) is 0 Å². The molecule has 0 heterocycles. The van der Waals surface area contributed by atoms with Crippen LogP contribution in [0.15, 0.2) is 0 Å². The van der Waals surface area contributed by atoms with Crippen molar-refractivity contribution in [1.82, 2.24) is 0 Å². The lowest BCUT2D eigenvalue weighted by Crippen LogP contribution is -2.34. The Morgan fingerprint density at radius 3 is 1.56 bits per heavy atom. The van der Waals surface area contributed by atoms with Gasteiger partial charge in [-0.25, -0.2) is 0 Å².